The van der Waals surface area contributed by atoms with Crippen LogP contribution in [0.1, 0.15) is 18.9 Å². The summed E-state index contributed by atoms with van der Waals surface area (Å²) in [5.41, 5.74) is 0.775. The zero-order chi connectivity index (χ0) is 12.0. The van der Waals surface area contributed by atoms with Crippen molar-refractivity contribution < 1.29 is 4.39 Å². The van der Waals surface area contributed by atoms with Gasteiger partial charge in [0.2, 0.25) is 0 Å². The predicted octanol–water partition coefficient (Wildman–Crippen LogP) is 2.55. The maximum atomic E-state index is 13.7. The molecule has 0 aliphatic rings. The zero-order valence-corrected chi connectivity index (χ0v) is 9.20. The maximum Gasteiger partial charge on any atom is 0.147 e. The molecule has 0 aliphatic heterocycles. The van der Waals surface area contributed by atoms with Crippen LogP contribution in [-0.2, 0) is 0 Å². The molecule has 0 amide bonds. The molecule has 0 bridgehead atoms. The van der Waals surface area contributed by atoms with Gasteiger partial charge in [-0.3, -0.25) is 0 Å². The lowest BCUT2D eigenvalue weighted by Gasteiger charge is -2.22. The molecule has 1 aromatic rings. The minimum Gasteiger partial charge on any atom is -0.358 e. The highest BCUT2D eigenvalue weighted by atomic mass is 19.1. The fourth-order valence-corrected chi connectivity index (χ4v) is 1.50. The molecule has 0 heterocycles. The van der Waals surface area contributed by atoms with Crippen molar-refractivity contribution in [3.05, 3.63) is 29.6 Å². The Balaban J connectivity index is 3.02. The van der Waals surface area contributed by atoms with E-state index in [1.54, 1.807) is 17.0 Å². The topological polar surface area (TPSA) is 27.0 Å². The van der Waals surface area contributed by atoms with Crippen molar-refractivity contribution in [2.75, 3.05) is 18.0 Å². The lowest BCUT2D eigenvalue weighted by atomic mass is 10.2. The fraction of sp³-hybridized carbons (Fsp3) is 0.308. The first-order valence-corrected chi connectivity index (χ1v) is 5.11. The summed E-state index contributed by atoms with van der Waals surface area (Å²) in [5.74, 6) is 2.10. The van der Waals surface area contributed by atoms with E-state index in [4.69, 9.17) is 11.7 Å². The van der Waals surface area contributed by atoms with Crippen molar-refractivity contribution in [3.8, 4) is 18.4 Å². The Labute approximate surface area is 95.3 Å². The lowest BCUT2D eigenvalue weighted by Crippen LogP contribution is -2.25. The van der Waals surface area contributed by atoms with Gasteiger partial charge in [-0.1, -0.05) is 12.8 Å². The molecule has 0 aliphatic carbocycles. The molecule has 1 aromatic carbocycles. The van der Waals surface area contributed by atoms with E-state index in [-0.39, 0.29) is 0 Å². The summed E-state index contributed by atoms with van der Waals surface area (Å²) < 4.78 is 13.7. The lowest BCUT2D eigenvalue weighted by molar-refractivity contribution is 0.619. The van der Waals surface area contributed by atoms with Crippen molar-refractivity contribution in [3.63, 3.8) is 0 Å². The number of nitrogens with zero attached hydrogens (tertiary/aromatic N) is 2. The van der Waals surface area contributed by atoms with Gasteiger partial charge in [-0.15, -0.1) is 6.42 Å². The third kappa shape index (κ3) is 2.74. The average molecular weight is 216 g/mol. The molecule has 3 heteroatoms. The van der Waals surface area contributed by atoms with E-state index in [0.717, 1.165) is 6.42 Å². The van der Waals surface area contributed by atoms with Crippen LogP contribution in [0.5, 0.6) is 0 Å². The van der Waals surface area contributed by atoms with E-state index in [0.29, 0.717) is 24.3 Å². The summed E-state index contributed by atoms with van der Waals surface area (Å²) >= 11 is 0. The van der Waals surface area contributed by atoms with E-state index in [2.05, 4.69) is 5.92 Å². The monoisotopic (exact) mass is 216 g/mol. The molecular weight excluding hydrogens is 203 g/mol. The van der Waals surface area contributed by atoms with E-state index >= 15 is 0 Å². The molecule has 0 atom stereocenters. The second-order valence-corrected chi connectivity index (χ2v) is 3.40. The standard InChI is InChI=1S/C13H13FN2/c1-3-7-16(8-4-2)13-6-5-11(10-15)9-12(13)14/h1,5-6,9H,4,7-8H2,2H3. The number of hydrogen-bond acceptors (Lipinski definition) is 2. The first-order chi connectivity index (χ1) is 7.72. The summed E-state index contributed by atoms with van der Waals surface area (Å²) in [6.07, 6.45) is 6.13. The third-order valence-electron chi connectivity index (χ3n) is 2.19. The SMILES string of the molecule is C#CCN(CCC)c1ccc(C#N)cc1F. The van der Waals surface area contributed by atoms with Crippen molar-refractivity contribution in [1.29, 1.82) is 5.26 Å². The number of halogens is 1. The van der Waals surface area contributed by atoms with Crippen molar-refractivity contribution in [1.82, 2.24) is 0 Å². The minimum atomic E-state index is -0.400. The Kier molecular flexibility index (Phi) is 4.36. The van der Waals surface area contributed by atoms with Crippen LogP contribution in [0.2, 0.25) is 0 Å². The van der Waals surface area contributed by atoms with E-state index in [1.807, 2.05) is 13.0 Å². The molecule has 2 nitrogen and oxygen atoms in total. The second kappa shape index (κ2) is 5.78. The smallest absolute Gasteiger partial charge is 0.147 e. The van der Waals surface area contributed by atoms with Gasteiger partial charge in [0.1, 0.15) is 5.82 Å². The largest absolute Gasteiger partial charge is 0.358 e. The molecule has 0 saturated heterocycles. The fourth-order valence-electron chi connectivity index (χ4n) is 1.50. The van der Waals surface area contributed by atoms with Gasteiger partial charge in [-0.2, -0.15) is 5.26 Å². The highest BCUT2D eigenvalue weighted by Gasteiger charge is 2.10. The Hall–Kier alpha value is -2.00. The Morgan fingerprint density at radius 1 is 1.50 bits per heavy atom. The molecule has 0 fully saturated rings. The quantitative estimate of drug-likeness (QED) is 0.723. The minimum absolute atomic E-state index is 0.318. The molecule has 0 N–H and O–H groups in total. The summed E-state index contributed by atoms with van der Waals surface area (Å²) in [7, 11) is 0. The molecule has 0 saturated carbocycles. The first kappa shape index (κ1) is 12.1. The van der Waals surface area contributed by atoms with Crippen LogP contribution in [0.4, 0.5) is 10.1 Å². The van der Waals surface area contributed by atoms with Gasteiger partial charge < -0.3 is 4.90 Å². The Bertz CT molecular complexity index is 440. The van der Waals surface area contributed by atoms with Crippen LogP contribution in [-0.4, -0.2) is 13.1 Å². The van der Waals surface area contributed by atoms with Crippen LogP contribution >= 0.6 is 0 Å². The number of rotatable bonds is 4. The van der Waals surface area contributed by atoms with Crippen molar-refractivity contribution in [2.24, 2.45) is 0 Å². The highest BCUT2D eigenvalue weighted by Crippen LogP contribution is 2.20. The first-order valence-electron chi connectivity index (χ1n) is 5.11. The second-order valence-electron chi connectivity index (χ2n) is 3.40. The molecule has 1 rings (SSSR count). The van der Waals surface area contributed by atoms with Gasteiger partial charge in [-0.25, -0.2) is 4.39 Å². The number of terminal acetylenes is 1. The summed E-state index contributed by atoms with van der Waals surface area (Å²) in [6.45, 7) is 3.08. The third-order valence-corrected chi connectivity index (χ3v) is 2.19. The number of hydrogen-bond donors (Lipinski definition) is 0. The summed E-state index contributed by atoms with van der Waals surface area (Å²) in [5, 5.41) is 8.64. The number of nitriles is 1. The van der Waals surface area contributed by atoms with Crippen molar-refractivity contribution >= 4 is 5.69 Å². The van der Waals surface area contributed by atoms with E-state index in [1.165, 1.54) is 6.07 Å². The van der Waals surface area contributed by atoms with Gasteiger partial charge in [0.25, 0.3) is 0 Å². The van der Waals surface area contributed by atoms with Crippen LogP contribution < -0.4 is 4.90 Å². The summed E-state index contributed by atoms with van der Waals surface area (Å²) in [4.78, 5) is 1.79. The van der Waals surface area contributed by atoms with E-state index in [9.17, 15) is 4.39 Å². The molecular formula is C13H13FN2. The molecule has 16 heavy (non-hydrogen) atoms. The molecule has 82 valence electrons. The highest BCUT2D eigenvalue weighted by molar-refractivity contribution is 5.51. The Morgan fingerprint density at radius 3 is 2.75 bits per heavy atom. The van der Waals surface area contributed by atoms with Crippen LogP contribution in [0, 0.1) is 29.5 Å². The van der Waals surface area contributed by atoms with Crippen LogP contribution in [0.15, 0.2) is 18.2 Å². The molecule has 0 aromatic heterocycles. The van der Waals surface area contributed by atoms with Gasteiger partial charge in [0.15, 0.2) is 0 Å². The Morgan fingerprint density at radius 2 is 2.25 bits per heavy atom. The summed E-state index contributed by atoms with van der Waals surface area (Å²) in [6, 6.07) is 6.32. The average Bonchev–Trinajstić information content (AvgIpc) is 2.29. The molecule has 0 radical (unpaired) electrons. The van der Waals surface area contributed by atoms with Gasteiger partial charge in [0, 0.05) is 6.54 Å². The van der Waals surface area contributed by atoms with Gasteiger partial charge >= 0.3 is 0 Å². The van der Waals surface area contributed by atoms with Crippen LogP contribution in [0.25, 0.3) is 0 Å². The van der Waals surface area contributed by atoms with Gasteiger partial charge in [-0.05, 0) is 24.6 Å². The van der Waals surface area contributed by atoms with Crippen molar-refractivity contribution in [2.45, 2.75) is 13.3 Å². The van der Waals surface area contributed by atoms with E-state index < -0.39 is 5.82 Å². The maximum absolute atomic E-state index is 13.7. The molecule has 0 spiro atoms. The predicted molar refractivity (Wildman–Crippen MR) is 62.5 cm³/mol. The number of benzene rings is 1. The zero-order valence-electron chi connectivity index (χ0n) is 9.20. The van der Waals surface area contributed by atoms with Crippen LogP contribution in [0.3, 0.4) is 0 Å². The molecule has 0 unspecified atom stereocenters. The number of anilines is 1. The normalized spacial score (nSPS) is 9.25. The van der Waals surface area contributed by atoms with Gasteiger partial charge in [0.05, 0.1) is 23.9 Å².